The summed E-state index contributed by atoms with van der Waals surface area (Å²) in [5.74, 6) is -3.89. The van der Waals surface area contributed by atoms with Crippen LogP contribution in [0.25, 0.3) is 11.1 Å². The Hall–Kier alpha value is -4.45. The minimum Gasteiger partial charge on any atom is -0.454 e. The molecule has 2 aromatic carbocycles. The van der Waals surface area contributed by atoms with Crippen molar-refractivity contribution in [3.05, 3.63) is 59.7 Å². The first-order chi connectivity index (χ1) is 19.4. The summed E-state index contributed by atoms with van der Waals surface area (Å²) in [5, 5.41) is 16.7. The molecule has 12 heteroatoms. The largest absolute Gasteiger partial charge is 0.454 e. The number of benzene rings is 2. The molecule has 220 valence electrons. The number of carbonyl (C=O) groups is 5. The summed E-state index contributed by atoms with van der Waals surface area (Å²) >= 11 is 0. The number of carbonyl (C=O) groups excluding carboxylic acids is 5. The molecule has 3 rings (SSSR count). The molecule has 41 heavy (non-hydrogen) atoms. The van der Waals surface area contributed by atoms with Crippen molar-refractivity contribution in [2.45, 2.75) is 57.8 Å². The summed E-state index contributed by atoms with van der Waals surface area (Å²) in [6.45, 7) is 5.37. The molecule has 0 bridgehead atoms. The molecule has 0 heterocycles. The van der Waals surface area contributed by atoms with Crippen molar-refractivity contribution in [1.82, 2.24) is 16.0 Å². The SMILES string of the molecule is CC(C)[C@H](NC(=O)OCC1c2ccccc2-c2ccccc21)C(=O)N[C@@H](C)C(=O)OCC(=O)N[C@H](C(N)=O)[C@@H](C)O. The van der Waals surface area contributed by atoms with Crippen LogP contribution in [0.1, 0.15) is 44.7 Å². The minimum absolute atomic E-state index is 0.0722. The Bertz CT molecular complexity index is 1250. The fourth-order valence-electron chi connectivity index (χ4n) is 4.57. The molecule has 2 aromatic rings. The molecule has 0 saturated heterocycles. The maximum atomic E-state index is 12.9. The summed E-state index contributed by atoms with van der Waals surface area (Å²) in [4.78, 5) is 61.2. The van der Waals surface area contributed by atoms with Gasteiger partial charge >= 0.3 is 12.1 Å². The monoisotopic (exact) mass is 568 g/mol. The maximum absolute atomic E-state index is 12.9. The fourth-order valence-corrected chi connectivity index (χ4v) is 4.57. The number of nitrogens with two attached hydrogens (primary N) is 1. The summed E-state index contributed by atoms with van der Waals surface area (Å²) in [5.41, 5.74) is 9.39. The standard InChI is InChI=1S/C29H36N4O8/c1-15(2)24(27(37)31-16(3)28(38)40-14-23(35)32-25(17(4)34)26(30)36)33-29(39)41-13-22-20-11-7-5-9-18(20)19-10-6-8-12-21(19)22/h5-12,15-17,22,24-25,34H,13-14H2,1-4H3,(H2,30,36)(H,31,37)(H,32,35)(H,33,39)/t16-,17+,24-,25-/m0/s1. The maximum Gasteiger partial charge on any atom is 0.407 e. The van der Waals surface area contributed by atoms with Crippen LogP contribution in [-0.4, -0.2) is 72.3 Å². The van der Waals surface area contributed by atoms with Gasteiger partial charge in [0.25, 0.3) is 5.91 Å². The highest BCUT2D eigenvalue weighted by molar-refractivity contribution is 5.91. The van der Waals surface area contributed by atoms with Crippen LogP contribution in [0, 0.1) is 5.92 Å². The zero-order valence-electron chi connectivity index (χ0n) is 23.4. The van der Waals surface area contributed by atoms with Crippen molar-refractivity contribution in [1.29, 1.82) is 0 Å². The second-order valence-corrected chi connectivity index (χ2v) is 10.2. The van der Waals surface area contributed by atoms with Crippen molar-refractivity contribution in [3.8, 4) is 11.1 Å². The molecule has 0 radical (unpaired) electrons. The average Bonchev–Trinajstić information content (AvgIpc) is 3.25. The number of ether oxygens (including phenoxy) is 2. The highest BCUT2D eigenvalue weighted by atomic mass is 16.5. The van der Waals surface area contributed by atoms with Gasteiger partial charge in [-0.1, -0.05) is 62.4 Å². The zero-order chi connectivity index (χ0) is 30.3. The van der Waals surface area contributed by atoms with Gasteiger partial charge < -0.3 is 36.3 Å². The Labute approximate surface area is 238 Å². The molecule has 0 aromatic heterocycles. The highest BCUT2D eigenvalue weighted by Gasteiger charge is 2.31. The van der Waals surface area contributed by atoms with E-state index in [-0.39, 0.29) is 18.4 Å². The van der Waals surface area contributed by atoms with Crippen LogP contribution in [0.3, 0.4) is 0 Å². The van der Waals surface area contributed by atoms with Crippen molar-refractivity contribution in [2.24, 2.45) is 11.7 Å². The Morgan fingerprint density at radius 3 is 1.90 bits per heavy atom. The van der Waals surface area contributed by atoms with Crippen LogP contribution in [0.4, 0.5) is 4.79 Å². The lowest BCUT2D eigenvalue weighted by Gasteiger charge is -2.24. The van der Waals surface area contributed by atoms with E-state index in [4.69, 9.17) is 15.2 Å². The number of aliphatic hydroxyl groups is 1. The molecular weight excluding hydrogens is 532 g/mol. The van der Waals surface area contributed by atoms with Crippen molar-refractivity contribution in [3.63, 3.8) is 0 Å². The van der Waals surface area contributed by atoms with Gasteiger partial charge in [0.15, 0.2) is 6.61 Å². The number of primary amides is 1. The first kappa shape index (κ1) is 31.1. The summed E-state index contributed by atoms with van der Waals surface area (Å²) < 4.78 is 10.4. The number of rotatable bonds is 12. The van der Waals surface area contributed by atoms with E-state index in [0.29, 0.717) is 0 Å². The summed E-state index contributed by atoms with van der Waals surface area (Å²) in [7, 11) is 0. The molecule has 0 spiro atoms. The molecule has 0 saturated carbocycles. The molecule has 0 aliphatic heterocycles. The number of aliphatic hydroxyl groups excluding tert-OH is 1. The number of nitrogens with one attached hydrogen (secondary N) is 3. The second kappa shape index (κ2) is 13.8. The van der Waals surface area contributed by atoms with Gasteiger partial charge in [0.2, 0.25) is 11.8 Å². The molecule has 4 atom stereocenters. The molecule has 1 aliphatic carbocycles. The smallest absolute Gasteiger partial charge is 0.407 e. The number of amides is 4. The van der Waals surface area contributed by atoms with E-state index in [1.54, 1.807) is 13.8 Å². The Morgan fingerprint density at radius 1 is 0.829 bits per heavy atom. The topological polar surface area (TPSA) is 186 Å². The second-order valence-electron chi connectivity index (χ2n) is 10.2. The Balaban J connectivity index is 1.52. The van der Waals surface area contributed by atoms with Crippen molar-refractivity contribution in [2.75, 3.05) is 13.2 Å². The van der Waals surface area contributed by atoms with Gasteiger partial charge in [-0.2, -0.15) is 0 Å². The number of esters is 1. The Kier molecular flexibility index (Phi) is 10.4. The van der Waals surface area contributed by atoms with E-state index in [2.05, 4.69) is 16.0 Å². The predicted molar refractivity (Wildman–Crippen MR) is 148 cm³/mol. The van der Waals surface area contributed by atoms with Crippen molar-refractivity contribution < 1.29 is 38.6 Å². The third kappa shape index (κ3) is 7.82. The van der Waals surface area contributed by atoms with Crippen molar-refractivity contribution >= 4 is 29.8 Å². The van der Waals surface area contributed by atoms with E-state index in [1.165, 1.54) is 13.8 Å². The molecule has 4 amide bonds. The Morgan fingerprint density at radius 2 is 1.39 bits per heavy atom. The van der Waals surface area contributed by atoms with Crippen LogP contribution in [-0.2, 0) is 28.7 Å². The highest BCUT2D eigenvalue weighted by Crippen LogP contribution is 2.44. The van der Waals surface area contributed by atoms with Gasteiger partial charge in [-0.25, -0.2) is 9.59 Å². The summed E-state index contributed by atoms with van der Waals surface area (Å²) in [6.07, 6.45) is -2.03. The normalized spacial score (nSPS) is 15.0. The molecule has 6 N–H and O–H groups in total. The predicted octanol–water partition coefficient (Wildman–Crippen LogP) is 0.949. The lowest BCUT2D eigenvalue weighted by Crippen LogP contribution is -2.54. The van der Waals surface area contributed by atoms with E-state index < -0.39 is 60.6 Å². The number of hydrogen-bond donors (Lipinski definition) is 5. The van der Waals surface area contributed by atoms with Gasteiger partial charge in [-0.15, -0.1) is 0 Å². The average molecular weight is 569 g/mol. The van der Waals surface area contributed by atoms with Gasteiger partial charge in [0.05, 0.1) is 6.10 Å². The van der Waals surface area contributed by atoms with Crippen LogP contribution < -0.4 is 21.7 Å². The molecular formula is C29H36N4O8. The van der Waals surface area contributed by atoms with Gasteiger partial charge in [-0.3, -0.25) is 14.4 Å². The quantitative estimate of drug-likeness (QED) is 0.234. The van der Waals surface area contributed by atoms with Crippen LogP contribution in [0.15, 0.2) is 48.5 Å². The minimum atomic E-state index is -1.35. The van der Waals surface area contributed by atoms with Crippen LogP contribution in [0.5, 0.6) is 0 Å². The molecule has 12 nitrogen and oxygen atoms in total. The van der Waals surface area contributed by atoms with Crippen LogP contribution in [0.2, 0.25) is 0 Å². The number of hydrogen-bond acceptors (Lipinski definition) is 8. The van der Waals surface area contributed by atoms with E-state index in [0.717, 1.165) is 22.3 Å². The molecule has 0 unspecified atom stereocenters. The van der Waals surface area contributed by atoms with E-state index in [9.17, 15) is 29.1 Å². The lowest BCUT2D eigenvalue weighted by atomic mass is 9.98. The number of alkyl carbamates (subject to hydrolysis) is 1. The zero-order valence-corrected chi connectivity index (χ0v) is 23.4. The third-order valence-corrected chi connectivity index (χ3v) is 6.73. The first-order valence-electron chi connectivity index (χ1n) is 13.3. The third-order valence-electron chi connectivity index (χ3n) is 6.73. The van der Waals surface area contributed by atoms with Gasteiger partial charge in [-0.05, 0) is 42.0 Å². The molecule has 1 aliphatic rings. The summed E-state index contributed by atoms with van der Waals surface area (Å²) in [6, 6.07) is 12.3. The molecule has 0 fully saturated rings. The van der Waals surface area contributed by atoms with Crippen LogP contribution >= 0.6 is 0 Å². The fraction of sp³-hybridized carbons (Fsp3) is 0.414. The first-order valence-corrected chi connectivity index (χ1v) is 13.3. The lowest BCUT2D eigenvalue weighted by molar-refractivity contribution is -0.151. The van der Waals surface area contributed by atoms with E-state index in [1.807, 2.05) is 48.5 Å². The van der Waals surface area contributed by atoms with Gasteiger partial charge in [0, 0.05) is 5.92 Å². The van der Waals surface area contributed by atoms with E-state index >= 15 is 0 Å². The van der Waals surface area contributed by atoms with Gasteiger partial charge in [0.1, 0.15) is 24.7 Å². The number of fused-ring (bicyclic) bond motifs is 3.